The number of aliphatic hydroxyl groups is 2. The topological polar surface area (TPSA) is 131 Å². The van der Waals surface area contributed by atoms with E-state index in [9.17, 15) is 29.0 Å². The molecule has 2 aromatic rings. The third-order valence-electron chi connectivity index (χ3n) is 4.80. The number of carbonyl (C=O) groups excluding carboxylic acids is 1. The number of nitrogens with one attached hydrogen (secondary N) is 1. The van der Waals surface area contributed by atoms with E-state index < -0.39 is 54.2 Å². The van der Waals surface area contributed by atoms with Crippen LogP contribution in [0.25, 0.3) is 0 Å². The maximum atomic E-state index is 13.5. The Kier molecular flexibility index (Phi) is 5.69. The van der Waals surface area contributed by atoms with Gasteiger partial charge in [0.2, 0.25) is 5.82 Å². The number of benzene rings is 1. The van der Waals surface area contributed by atoms with Gasteiger partial charge in [-0.1, -0.05) is 17.7 Å². The average molecular weight is 408 g/mol. The van der Waals surface area contributed by atoms with Crippen LogP contribution in [0.5, 0.6) is 0 Å². The quantitative estimate of drug-likeness (QED) is 0.611. The second kappa shape index (κ2) is 7.90. The third-order valence-corrected chi connectivity index (χ3v) is 4.80. The van der Waals surface area contributed by atoms with Gasteiger partial charge in [0.1, 0.15) is 24.9 Å². The van der Waals surface area contributed by atoms with Gasteiger partial charge in [0.05, 0.1) is 11.8 Å². The normalized spacial score (nSPS) is 23.9. The van der Waals surface area contributed by atoms with Crippen LogP contribution in [-0.4, -0.2) is 50.7 Å². The zero-order chi connectivity index (χ0) is 21.5. The number of aliphatic hydroxyl groups excluding tert-OH is 2. The molecule has 4 atom stereocenters. The highest BCUT2D eigenvalue weighted by Crippen LogP contribution is 2.29. The van der Waals surface area contributed by atoms with Gasteiger partial charge in [-0.15, -0.1) is 0 Å². The first-order valence-electron chi connectivity index (χ1n) is 8.87. The van der Waals surface area contributed by atoms with E-state index in [2.05, 4.69) is 0 Å². The Morgan fingerprint density at radius 2 is 1.83 bits per heavy atom. The number of aryl methyl sites for hydroxylation is 3. The zero-order valence-electron chi connectivity index (χ0n) is 16.0. The number of carbonyl (C=O) groups is 1. The van der Waals surface area contributed by atoms with Gasteiger partial charge in [0.25, 0.3) is 5.56 Å². The van der Waals surface area contributed by atoms with Gasteiger partial charge in [0.15, 0.2) is 6.23 Å². The molecule has 1 saturated heterocycles. The maximum absolute atomic E-state index is 13.5. The lowest BCUT2D eigenvalue weighted by Crippen LogP contribution is -2.38. The predicted octanol–water partition coefficient (Wildman–Crippen LogP) is 0.0772. The van der Waals surface area contributed by atoms with Crippen molar-refractivity contribution < 1.29 is 28.9 Å². The van der Waals surface area contributed by atoms with Crippen LogP contribution < -0.4 is 11.2 Å². The van der Waals surface area contributed by atoms with Crippen LogP contribution in [0, 0.1) is 26.6 Å². The lowest BCUT2D eigenvalue weighted by molar-refractivity contribution is -0.0602. The van der Waals surface area contributed by atoms with Crippen LogP contribution in [0.1, 0.15) is 33.3 Å². The molecule has 0 aliphatic carbocycles. The van der Waals surface area contributed by atoms with Gasteiger partial charge < -0.3 is 19.7 Å². The number of rotatable bonds is 4. The maximum Gasteiger partial charge on any atom is 0.338 e. The van der Waals surface area contributed by atoms with Crippen molar-refractivity contribution in [2.24, 2.45) is 0 Å². The molecule has 1 aromatic carbocycles. The van der Waals surface area contributed by atoms with E-state index in [1.165, 1.54) is 0 Å². The molecule has 2 heterocycles. The number of H-pyrrole nitrogens is 1. The fourth-order valence-corrected chi connectivity index (χ4v) is 3.48. The highest BCUT2D eigenvalue weighted by Gasteiger charge is 2.45. The molecule has 3 N–H and O–H groups in total. The number of aromatic amines is 1. The summed E-state index contributed by atoms with van der Waals surface area (Å²) in [7, 11) is 0. The molecule has 1 fully saturated rings. The van der Waals surface area contributed by atoms with E-state index in [4.69, 9.17) is 9.47 Å². The lowest BCUT2D eigenvalue weighted by atomic mass is 10.00. The first kappa shape index (κ1) is 20.9. The van der Waals surface area contributed by atoms with E-state index in [-0.39, 0.29) is 0 Å². The fourth-order valence-electron chi connectivity index (χ4n) is 3.48. The van der Waals surface area contributed by atoms with Gasteiger partial charge in [-0.05, 0) is 31.9 Å². The Morgan fingerprint density at radius 3 is 2.45 bits per heavy atom. The van der Waals surface area contributed by atoms with Crippen molar-refractivity contribution in [2.45, 2.75) is 45.3 Å². The summed E-state index contributed by atoms with van der Waals surface area (Å²) >= 11 is 0. The summed E-state index contributed by atoms with van der Waals surface area (Å²) in [5.41, 5.74) is 0.613. The van der Waals surface area contributed by atoms with Crippen LogP contribution in [0.3, 0.4) is 0 Å². The van der Waals surface area contributed by atoms with Gasteiger partial charge >= 0.3 is 11.7 Å². The second-order valence-electron chi connectivity index (χ2n) is 7.06. The summed E-state index contributed by atoms with van der Waals surface area (Å²) in [6.45, 7) is 5.05. The minimum Gasteiger partial charge on any atom is -0.459 e. The van der Waals surface area contributed by atoms with E-state index in [1.54, 1.807) is 18.8 Å². The van der Waals surface area contributed by atoms with Crippen LogP contribution in [0.15, 0.2) is 27.9 Å². The monoisotopic (exact) mass is 408 g/mol. The van der Waals surface area contributed by atoms with Gasteiger partial charge in [-0.25, -0.2) is 9.59 Å². The Balaban J connectivity index is 1.75. The fraction of sp³-hybridized carbons (Fsp3) is 0.421. The number of aromatic nitrogens is 2. The molecule has 10 heteroatoms. The van der Waals surface area contributed by atoms with Crippen LogP contribution >= 0.6 is 0 Å². The largest absolute Gasteiger partial charge is 0.459 e. The third kappa shape index (κ3) is 4.00. The van der Waals surface area contributed by atoms with Crippen molar-refractivity contribution in [2.75, 3.05) is 6.61 Å². The summed E-state index contributed by atoms with van der Waals surface area (Å²) in [6, 6.07) is 3.67. The summed E-state index contributed by atoms with van der Waals surface area (Å²) in [5, 5.41) is 20.4. The predicted molar refractivity (Wildman–Crippen MR) is 98.1 cm³/mol. The minimum atomic E-state index is -1.61. The van der Waals surface area contributed by atoms with Gasteiger partial charge in [-0.3, -0.25) is 14.3 Å². The Labute approximate surface area is 164 Å². The highest BCUT2D eigenvalue weighted by molar-refractivity contribution is 5.92. The van der Waals surface area contributed by atoms with Crippen molar-refractivity contribution in [3.8, 4) is 0 Å². The molecule has 0 spiro atoms. The standard InChI is InChI=1S/C19H21FN2O7/c1-8-4-9(2)13(10(3)5-8)18(26)28-7-12-14(23)15(24)17(29-12)22-6-11(20)16(25)21-19(22)27/h4-6,12,14-15,17,23-24H,7H2,1-3H3,(H,21,25,27)/t12-,14-,15-,17-/m1/s1. The van der Waals surface area contributed by atoms with Crippen molar-refractivity contribution >= 4 is 5.97 Å². The first-order chi connectivity index (χ1) is 13.6. The number of hydrogen-bond acceptors (Lipinski definition) is 7. The Bertz CT molecular complexity index is 1040. The van der Waals surface area contributed by atoms with E-state index in [0.717, 1.165) is 16.7 Å². The Hall–Kier alpha value is -2.82. The number of halogens is 1. The van der Waals surface area contributed by atoms with Crippen LogP contribution in [-0.2, 0) is 9.47 Å². The molecule has 1 aliphatic rings. The van der Waals surface area contributed by atoms with Gasteiger partial charge in [-0.2, -0.15) is 4.39 Å². The van der Waals surface area contributed by atoms with Crippen LogP contribution in [0.4, 0.5) is 4.39 Å². The van der Waals surface area contributed by atoms with E-state index in [1.807, 2.05) is 19.1 Å². The molecule has 1 aromatic heterocycles. The second-order valence-corrected chi connectivity index (χ2v) is 7.06. The van der Waals surface area contributed by atoms with Crippen molar-refractivity contribution in [3.05, 3.63) is 67.2 Å². The molecule has 3 rings (SSSR count). The Morgan fingerprint density at radius 1 is 1.21 bits per heavy atom. The molecule has 29 heavy (non-hydrogen) atoms. The molecule has 0 amide bonds. The van der Waals surface area contributed by atoms with Crippen molar-refractivity contribution in [3.63, 3.8) is 0 Å². The first-order valence-corrected chi connectivity index (χ1v) is 8.87. The highest BCUT2D eigenvalue weighted by atomic mass is 19.1. The molecule has 0 saturated carbocycles. The van der Waals surface area contributed by atoms with E-state index >= 15 is 0 Å². The average Bonchev–Trinajstić information content (AvgIpc) is 2.90. The number of ether oxygens (including phenoxy) is 2. The molecular weight excluding hydrogens is 387 g/mol. The summed E-state index contributed by atoms with van der Waals surface area (Å²) < 4.78 is 24.8. The summed E-state index contributed by atoms with van der Waals surface area (Å²) in [5.74, 6) is -1.88. The van der Waals surface area contributed by atoms with E-state index in [0.29, 0.717) is 16.3 Å². The summed E-state index contributed by atoms with van der Waals surface area (Å²) in [4.78, 5) is 37.2. The lowest BCUT2D eigenvalue weighted by Gasteiger charge is -2.17. The minimum absolute atomic E-state index is 0.388. The molecule has 1 aliphatic heterocycles. The van der Waals surface area contributed by atoms with Crippen LogP contribution in [0.2, 0.25) is 0 Å². The number of hydrogen-bond donors (Lipinski definition) is 3. The zero-order valence-corrected chi connectivity index (χ0v) is 16.0. The molecule has 0 bridgehead atoms. The number of nitrogens with zero attached hydrogens (tertiary/aromatic N) is 1. The smallest absolute Gasteiger partial charge is 0.338 e. The summed E-state index contributed by atoms with van der Waals surface area (Å²) in [6.07, 6.45) is -5.16. The molecule has 0 unspecified atom stereocenters. The van der Waals surface area contributed by atoms with Gasteiger partial charge in [0, 0.05) is 0 Å². The SMILES string of the molecule is Cc1cc(C)c(C(=O)OC[C@H]2O[C@@H](n3cc(F)c(=O)[nH]c3=O)[C@H](O)[C@@H]2O)c(C)c1. The number of esters is 1. The van der Waals surface area contributed by atoms with Crippen molar-refractivity contribution in [1.82, 2.24) is 9.55 Å². The van der Waals surface area contributed by atoms with Crippen molar-refractivity contribution in [1.29, 1.82) is 0 Å². The molecular formula is C19H21FN2O7. The molecule has 9 nitrogen and oxygen atoms in total. The molecule has 0 radical (unpaired) electrons. The molecule has 156 valence electrons.